The number of imide groups is 1. The number of benzene rings is 3. The van der Waals surface area contributed by atoms with Crippen LogP contribution in [0.4, 0.5) is 36.6 Å². The molecule has 2 aromatic heterocycles. The second-order valence-electron chi connectivity index (χ2n) is 14.9. The fourth-order valence-corrected chi connectivity index (χ4v) is 7.81. The van der Waals surface area contributed by atoms with Crippen LogP contribution in [0.2, 0.25) is 0 Å². The maximum absolute atomic E-state index is 14.0. The Hall–Kier alpha value is -6.00. The molecule has 5 aromatic rings. The number of aromatic amines is 1. The Morgan fingerprint density at radius 1 is 0.912 bits per heavy atom. The van der Waals surface area contributed by atoms with Crippen molar-refractivity contribution in [2.24, 2.45) is 0 Å². The lowest BCUT2D eigenvalue weighted by atomic mass is 10.0. The van der Waals surface area contributed by atoms with E-state index in [-0.39, 0.29) is 30.8 Å². The molecule has 0 aliphatic carbocycles. The number of urea groups is 1. The van der Waals surface area contributed by atoms with E-state index >= 15 is 0 Å². The van der Waals surface area contributed by atoms with Gasteiger partial charge in [0.15, 0.2) is 11.6 Å². The molecule has 0 radical (unpaired) electrons. The van der Waals surface area contributed by atoms with Crippen LogP contribution in [0.5, 0.6) is 0 Å². The SMILES string of the molecule is CN(Cc1ccc(N2CCC(=O)NC2=O)nn1)C1CCN(c2ccc(C(=O)Nc3n[nH]c4ccc(Cc5cc(F)cc(F)c5)cc34)c(NC3CCOCC3)c2)CC1. The number of fused-ring (bicyclic) bond motifs is 1. The summed E-state index contributed by atoms with van der Waals surface area (Å²) in [6.45, 7) is 3.83. The topological polar surface area (TPSA) is 161 Å². The summed E-state index contributed by atoms with van der Waals surface area (Å²) in [5, 5.41) is 25.6. The summed E-state index contributed by atoms with van der Waals surface area (Å²) in [6.07, 6.45) is 4.04. The fraction of sp³-hybridized carbons (Fsp3) is 0.366. The smallest absolute Gasteiger partial charge is 0.329 e. The van der Waals surface area contributed by atoms with E-state index in [1.165, 1.54) is 17.0 Å². The zero-order valence-electron chi connectivity index (χ0n) is 31.6. The summed E-state index contributed by atoms with van der Waals surface area (Å²) < 4.78 is 33.3. The average Bonchev–Trinajstić information content (AvgIpc) is 3.59. The standard InChI is InChI=1S/C41H44F2N10O4/c1-51(24-30-3-7-37(49-47-30)53-15-10-38(54)45-41(53)56)31-8-13-52(14-9-31)32-4-5-33(36(23-32)44-29-11-16-57-17-12-29)40(55)46-39-34-21-25(2-6-35(34)48-50-39)18-26-19-27(42)22-28(43)20-26/h2-7,19-23,29,31,44H,8-18,24H2,1H3,(H,45,54,56)(H2,46,48,50,55). The van der Waals surface area contributed by atoms with Crippen LogP contribution in [-0.2, 0) is 22.5 Å². The number of aromatic nitrogens is 4. The van der Waals surface area contributed by atoms with Gasteiger partial charge < -0.3 is 20.3 Å². The Morgan fingerprint density at radius 2 is 1.70 bits per heavy atom. The Balaban J connectivity index is 0.931. The van der Waals surface area contributed by atoms with Crippen molar-refractivity contribution >= 4 is 51.8 Å². The first-order valence-electron chi connectivity index (χ1n) is 19.3. The van der Waals surface area contributed by atoms with Crippen LogP contribution in [0.3, 0.4) is 0 Å². The number of hydrogen-bond donors (Lipinski definition) is 4. The molecule has 3 aliphatic rings. The molecule has 16 heteroatoms. The molecule has 0 bridgehead atoms. The van der Waals surface area contributed by atoms with Gasteiger partial charge in [0.25, 0.3) is 5.91 Å². The maximum Gasteiger partial charge on any atom is 0.329 e. The molecule has 14 nitrogen and oxygen atoms in total. The van der Waals surface area contributed by atoms with Gasteiger partial charge in [0.1, 0.15) is 11.6 Å². The van der Waals surface area contributed by atoms with Crippen molar-refractivity contribution in [2.45, 2.75) is 57.2 Å². The number of nitrogens with zero attached hydrogens (tertiary/aromatic N) is 6. The molecule has 4 amide bonds. The van der Waals surface area contributed by atoms with E-state index in [0.29, 0.717) is 60.4 Å². The molecule has 57 heavy (non-hydrogen) atoms. The molecule has 3 saturated heterocycles. The normalized spacial score (nSPS) is 17.0. The van der Waals surface area contributed by atoms with Crippen LogP contribution in [0, 0.1) is 11.6 Å². The van der Waals surface area contributed by atoms with Gasteiger partial charge in [-0.05, 0) is 105 Å². The van der Waals surface area contributed by atoms with Crippen LogP contribution in [0.1, 0.15) is 59.3 Å². The number of amides is 4. The predicted octanol–water partition coefficient (Wildman–Crippen LogP) is 5.61. The third-order valence-electron chi connectivity index (χ3n) is 10.9. The van der Waals surface area contributed by atoms with Gasteiger partial charge in [0, 0.05) is 80.7 Å². The van der Waals surface area contributed by atoms with E-state index in [1.807, 2.05) is 36.4 Å². The monoisotopic (exact) mass is 778 g/mol. The average molecular weight is 779 g/mol. The molecule has 4 N–H and O–H groups in total. The van der Waals surface area contributed by atoms with E-state index in [9.17, 15) is 23.2 Å². The zero-order chi connectivity index (χ0) is 39.5. The minimum absolute atomic E-state index is 0.153. The number of ether oxygens (including phenoxy) is 1. The second kappa shape index (κ2) is 16.6. The third kappa shape index (κ3) is 8.86. The first kappa shape index (κ1) is 37.9. The van der Waals surface area contributed by atoms with E-state index in [2.05, 4.69) is 59.3 Å². The van der Waals surface area contributed by atoms with Gasteiger partial charge >= 0.3 is 6.03 Å². The lowest BCUT2D eigenvalue weighted by molar-refractivity contribution is -0.120. The highest BCUT2D eigenvalue weighted by Gasteiger charge is 2.27. The molecule has 3 fully saturated rings. The summed E-state index contributed by atoms with van der Waals surface area (Å²) in [5.41, 5.74) is 5.08. The summed E-state index contributed by atoms with van der Waals surface area (Å²) in [4.78, 5) is 43.7. The first-order valence-corrected chi connectivity index (χ1v) is 19.3. The van der Waals surface area contributed by atoms with E-state index in [1.54, 1.807) is 6.07 Å². The van der Waals surface area contributed by atoms with Crippen LogP contribution >= 0.6 is 0 Å². The van der Waals surface area contributed by atoms with Crippen molar-refractivity contribution in [2.75, 3.05) is 60.3 Å². The van der Waals surface area contributed by atoms with Crippen LogP contribution in [-0.4, -0.2) is 95.1 Å². The quantitative estimate of drug-likeness (QED) is 0.133. The Morgan fingerprint density at radius 3 is 2.44 bits per heavy atom. The molecule has 3 aromatic carbocycles. The van der Waals surface area contributed by atoms with E-state index in [4.69, 9.17) is 4.74 Å². The van der Waals surface area contributed by atoms with Gasteiger partial charge in [0.05, 0.1) is 16.8 Å². The van der Waals surface area contributed by atoms with Gasteiger partial charge in [-0.1, -0.05) is 6.07 Å². The summed E-state index contributed by atoms with van der Waals surface area (Å²) in [5.74, 6) is -1.09. The highest BCUT2D eigenvalue weighted by Crippen LogP contribution is 2.31. The largest absolute Gasteiger partial charge is 0.381 e. The molecule has 0 atom stereocenters. The van der Waals surface area contributed by atoms with E-state index in [0.717, 1.165) is 73.0 Å². The molecular weight excluding hydrogens is 735 g/mol. The van der Waals surface area contributed by atoms with Crippen LogP contribution in [0.15, 0.2) is 66.7 Å². The van der Waals surface area contributed by atoms with Gasteiger partial charge in [-0.25, -0.2) is 13.6 Å². The Bertz CT molecular complexity index is 2250. The lowest BCUT2D eigenvalue weighted by Gasteiger charge is -2.38. The molecular formula is C41H44F2N10O4. The molecule has 3 aliphatic heterocycles. The molecule has 5 heterocycles. The number of nitrogens with one attached hydrogen (secondary N) is 4. The number of rotatable bonds is 11. The highest BCUT2D eigenvalue weighted by molar-refractivity contribution is 6.11. The number of H-pyrrole nitrogens is 1. The van der Waals surface area contributed by atoms with Gasteiger partial charge in [-0.3, -0.25) is 29.8 Å². The van der Waals surface area contributed by atoms with Crippen molar-refractivity contribution in [1.29, 1.82) is 0 Å². The summed E-state index contributed by atoms with van der Waals surface area (Å²) in [6, 6.07) is 18.6. The predicted molar refractivity (Wildman–Crippen MR) is 211 cm³/mol. The summed E-state index contributed by atoms with van der Waals surface area (Å²) in [7, 11) is 2.08. The first-order chi connectivity index (χ1) is 27.6. The minimum Gasteiger partial charge on any atom is -0.381 e. The minimum atomic E-state index is -0.630. The number of carbonyl (C=O) groups excluding carboxylic acids is 3. The fourth-order valence-electron chi connectivity index (χ4n) is 7.81. The molecule has 8 rings (SSSR count). The molecule has 0 spiro atoms. The third-order valence-corrected chi connectivity index (χ3v) is 10.9. The number of carbonyl (C=O) groups is 3. The Labute approximate surface area is 327 Å². The summed E-state index contributed by atoms with van der Waals surface area (Å²) >= 11 is 0. The Kier molecular flexibility index (Phi) is 11.0. The van der Waals surface area contributed by atoms with Crippen molar-refractivity contribution in [3.8, 4) is 0 Å². The molecule has 0 unspecified atom stereocenters. The van der Waals surface area contributed by atoms with Crippen molar-refractivity contribution in [1.82, 2.24) is 30.6 Å². The van der Waals surface area contributed by atoms with Crippen LogP contribution < -0.4 is 25.8 Å². The second-order valence-corrected chi connectivity index (χ2v) is 14.9. The van der Waals surface area contributed by atoms with Crippen molar-refractivity contribution in [3.05, 3.63) is 101 Å². The van der Waals surface area contributed by atoms with Crippen molar-refractivity contribution < 1.29 is 27.9 Å². The number of halogens is 2. The van der Waals surface area contributed by atoms with Crippen molar-refractivity contribution in [3.63, 3.8) is 0 Å². The number of piperidine rings is 1. The van der Waals surface area contributed by atoms with E-state index < -0.39 is 17.7 Å². The molecule has 0 saturated carbocycles. The zero-order valence-corrected chi connectivity index (χ0v) is 31.6. The van der Waals surface area contributed by atoms with Gasteiger partial charge in [0.2, 0.25) is 5.91 Å². The van der Waals surface area contributed by atoms with Gasteiger partial charge in [-0.2, -0.15) is 10.2 Å². The number of anilines is 4. The highest BCUT2D eigenvalue weighted by atomic mass is 19.1. The van der Waals surface area contributed by atoms with Crippen LogP contribution in [0.25, 0.3) is 10.9 Å². The van der Waals surface area contributed by atoms with Gasteiger partial charge in [-0.15, -0.1) is 5.10 Å². The lowest BCUT2D eigenvalue weighted by Crippen LogP contribution is -2.50. The maximum atomic E-state index is 14.0. The molecule has 296 valence electrons. The number of hydrogen-bond acceptors (Lipinski definition) is 10.